The van der Waals surface area contributed by atoms with Crippen molar-refractivity contribution in [3.8, 4) is 5.75 Å². The van der Waals surface area contributed by atoms with Crippen LogP contribution < -0.4 is 0 Å². The summed E-state index contributed by atoms with van der Waals surface area (Å²) in [6.45, 7) is 8.97. The van der Waals surface area contributed by atoms with Crippen LogP contribution in [0.1, 0.15) is 45.1 Å². The van der Waals surface area contributed by atoms with Gasteiger partial charge in [0.1, 0.15) is 0 Å². The zero-order chi connectivity index (χ0) is 16.8. The third-order valence-electron chi connectivity index (χ3n) is 4.31. The highest BCUT2D eigenvalue weighted by atomic mass is 19.1. The molecule has 0 saturated heterocycles. The monoisotopic (exact) mass is 316 g/mol. The first-order valence-electron chi connectivity index (χ1n) is 8.22. The standard InChI is InChI=1S/C20H25FO2/c1-4-14(3)17-10-11-23-20(17)9-7-15(5-2)12-16-6-8-19(22)18(21)13-16/h6,8,10,12-13,20,22H,3-5,7,9,11H2,1-2H3/b15-12+. The van der Waals surface area contributed by atoms with Gasteiger partial charge in [0.15, 0.2) is 11.6 Å². The molecule has 2 rings (SSSR count). The molecule has 23 heavy (non-hydrogen) atoms. The van der Waals surface area contributed by atoms with Crippen molar-refractivity contribution in [2.24, 2.45) is 0 Å². The van der Waals surface area contributed by atoms with Crippen molar-refractivity contribution in [1.82, 2.24) is 0 Å². The van der Waals surface area contributed by atoms with E-state index in [1.54, 1.807) is 6.07 Å². The van der Waals surface area contributed by atoms with Crippen LogP contribution in [0.4, 0.5) is 4.39 Å². The Hall–Kier alpha value is -1.87. The Labute approximate surface area is 138 Å². The van der Waals surface area contributed by atoms with Gasteiger partial charge in [-0.15, -0.1) is 0 Å². The number of hydrogen-bond donors (Lipinski definition) is 1. The number of rotatable bonds is 7. The van der Waals surface area contributed by atoms with Crippen molar-refractivity contribution in [3.63, 3.8) is 0 Å². The van der Waals surface area contributed by atoms with Crippen molar-refractivity contribution in [3.05, 3.63) is 59.0 Å². The van der Waals surface area contributed by atoms with Crippen molar-refractivity contribution < 1.29 is 14.2 Å². The van der Waals surface area contributed by atoms with Crippen LogP contribution in [-0.4, -0.2) is 17.8 Å². The molecule has 1 unspecified atom stereocenters. The molecule has 1 aromatic rings. The Morgan fingerprint density at radius 1 is 1.39 bits per heavy atom. The molecule has 1 aliphatic rings. The third-order valence-corrected chi connectivity index (χ3v) is 4.31. The van der Waals surface area contributed by atoms with Crippen molar-refractivity contribution >= 4 is 6.08 Å². The van der Waals surface area contributed by atoms with Gasteiger partial charge in [-0.1, -0.05) is 44.2 Å². The van der Waals surface area contributed by atoms with Crippen LogP contribution in [0.15, 0.2) is 47.6 Å². The smallest absolute Gasteiger partial charge is 0.165 e. The van der Waals surface area contributed by atoms with Gasteiger partial charge in [0.05, 0.1) is 12.7 Å². The van der Waals surface area contributed by atoms with E-state index >= 15 is 0 Å². The lowest BCUT2D eigenvalue weighted by Gasteiger charge is -2.17. The molecule has 3 heteroatoms. The van der Waals surface area contributed by atoms with Gasteiger partial charge in [-0.3, -0.25) is 0 Å². The highest BCUT2D eigenvalue weighted by Gasteiger charge is 2.21. The first-order valence-corrected chi connectivity index (χ1v) is 8.22. The van der Waals surface area contributed by atoms with Crippen LogP contribution >= 0.6 is 0 Å². The van der Waals surface area contributed by atoms with Crippen LogP contribution in [0.5, 0.6) is 5.75 Å². The van der Waals surface area contributed by atoms with E-state index in [2.05, 4.69) is 26.5 Å². The first kappa shape index (κ1) is 17.5. The minimum absolute atomic E-state index is 0.119. The average molecular weight is 316 g/mol. The van der Waals surface area contributed by atoms with Crippen molar-refractivity contribution in [2.45, 2.75) is 45.6 Å². The fourth-order valence-corrected chi connectivity index (χ4v) is 2.81. The van der Waals surface area contributed by atoms with Gasteiger partial charge in [0, 0.05) is 0 Å². The van der Waals surface area contributed by atoms with Gasteiger partial charge in [0.25, 0.3) is 0 Å². The SMILES string of the molecule is C=C(CC)C1=CCOC1CC/C(=C/c1ccc(O)c(F)c1)CC. The number of phenols is 1. The molecule has 1 N–H and O–H groups in total. The van der Waals surface area contributed by atoms with E-state index < -0.39 is 5.82 Å². The zero-order valence-corrected chi connectivity index (χ0v) is 13.9. The second kappa shape index (κ2) is 8.11. The highest BCUT2D eigenvalue weighted by molar-refractivity contribution is 5.54. The Balaban J connectivity index is 2.02. The minimum Gasteiger partial charge on any atom is -0.505 e. The predicted octanol–water partition coefficient (Wildman–Crippen LogP) is 5.40. The first-order chi connectivity index (χ1) is 11.0. The second-order valence-electron chi connectivity index (χ2n) is 5.84. The Kier molecular flexibility index (Phi) is 6.17. The van der Waals surface area contributed by atoms with Crippen molar-refractivity contribution in [1.29, 1.82) is 0 Å². The van der Waals surface area contributed by atoms with E-state index in [0.29, 0.717) is 6.61 Å². The second-order valence-corrected chi connectivity index (χ2v) is 5.84. The van der Waals surface area contributed by atoms with Crippen LogP contribution in [0.2, 0.25) is 0 Å². The van der Waals surface area contributed by atoms with Crippen LogP contribution in [0.25, 0.3) is 6.08 Å². The maximum atomic E-state index is 13.4. The lowest BCUT2D eigenvalue weighted by molar-refractivity contribution is 0.116. The number of phenolic OH excluding ortho intramolecular Hbond substituents is 1. The van der Waals surface area contributed by atoms with E-state index in [1.165, 1.54) is 23.3 Å². The van der Waals surface area contributed by atoms with E-state index in [0.717, 1.165) is 36.8 Å². The molecule has 1 aliphatic heterocycles. The van der Waals surface area contributed by atoms with Gasteiger partial charge in [-0.25, -0.2) is 4.39 Å². The normalized spacial score (nSPS) is 18.1. The molecule has 0 spiro atoms. The molecule has 1 atom stereocenters. The Morgan fingerprint density at radius 3 is 2.83 bits per heavy atom. The summed E-state index contributed by atoms with van der Waals surface area (Å²) in [5.41, 5.74) is 4.40. The van der Waals surface area contributed by atoms with E-state index in [1.807, 2.05) is 6.08 Å². The van der Waals surface area contributed by atoms with E-state index in [-0.39, 0.29) is 11.9 Å². The average Bonchev–Trinajstić information content (AvgIpc) is 3.02. The predicted molar refractivity (Wildman–Crippen MR) is 92.8 cm³/mol. The summed E-state index contributed by atoms with van der Waals surface area (Å²) in [4.78, 5) is 0. The molecule has 0 bridgehead atoms. The largest absolute Gasteiger partial charge is 0.505 e. The lowest BCUT2D eigenvalue weighted by Crippen LogP contribution is -2.11. The summed E-state index contributed by atoms with van der Waals surface area (Å²) in [6.07, 6.45) is 7.89. The zero-order valence-electron chi connectivity index (χ0n) is 13.9. The van der Waals surface area contributed by atoms with Crippen molar-refractivity contribution in [2.75, 3.05) is 6.61 Å². The lowest BCUT2D eigenvalue weighted by atomic mass is 9.95. The molecular formula is C20H25FO2. The summed E-state index contributed by atoms with van der Waals surface area (Å²) in [7, 11) is 0. The van der Waals surface area contributed by atoms with E-state index in [4.69, 9.17) is 4.74 Å². The van der Waals surface area contributed by atoms with Gasteiger partial charge in [-0.05, 0) is 54.5 Å². The van der Waals surface area contributed by atoms with Gasteiger partial charge in [-0.2, -0.15) is 0 Å². The molecule has 1 heterocycles. The number of benzene rings is 1. The maximum Gasteiger partial charge on any atom is 0.165 e. The quantitative estimate of drug-likeness (QED) is 0.730. The maximum absolute atomic E-state index is 13.4. The number of aromatic hydroxyl groups is 1. The van der Waals surface area contributed by atoms with Gasteiger partial charge < -0.3 is 9.84 Å². The van der Waals surface area contributed by atoms with Gasteiger partial charge >= 0.3 is 0 Å². The summed E-state index contributed by atoms with van der Waals surface area (Å²) in [5, 5.41) is 9.26. The summed E-state index contributed by atoms with van der Waals surface area (Å²) in [6, 6.07) is 4.48. The van der Waals surface area contributed by atoms with Crippen LogP contribution in [0, 0.1) is 5.82 Å². The van der Waals surface area contributed by atoms with E-state index in [9.17, 15) is 9.50 Å². The minimum atomic E-state index is -0.585. The van der Waals surface area contributed by atoms with Crippen LogP contribution in [-0.2, 0) is 4.74 Å². The molecule has 124 valence electrons. The number of allylic oxidation sites excluding steroid dienone is 1. The van der Waals surface area contributed by atoms with Crippen LogP contribution in [0.3, 0.4) is 0 Å². The number of hydrogen-bond acceptors (Lipinski definition) is 2. The molecule has 0 saturated carbocycles. The molecule has 0 radical (unpaired) electrons. The summed E-state index contributed by atoms with van der Waals surface area (Å²) < 4.78 is 19.2. The highest BCUT2D eigenvalue weighted by Crippen LogP contribution is 2.28. The summed E-state index contributed by atoms with van der Waals surface area (Å²) >= 11 is 0. The Bertz CT molecular complexity index is 629. The number of halogens is 1. The fourth-order valence-electron chi connectivity index (χ4n) is 2.81. The Morgan fingerprint density at radius 2 is 2.17 bits per heavy atom. The number of ether oxygens (including phenoxy) is 1. The molecule has 0 aliphatic carbocycles. The topological polar surface area (TPSA) is 29.5 Å². The third kappa shape index (κ3) is 4.55. The molecular weight excluding hydrogens is 291 g/mol. The molecule has 0 aromatic heterocycles. The molecule has 0 fully saturated rings. The van der Waals surface area contributed by atoms with Gasteiger partial charge in [0.2, 0.25) is 0 Å². The molecule has 2 nitrogen and oxygen atoms in total. The molecule has 0 amide bonds. The fraction of sp³-hybridized carbons (Fsp3) is 0.400. The molecule has 1 aromatic carbocycles. The summed E-state index contributed by atoms with van der Waals surface area (Å²) in [5.74, 6) is -0.898.